The van der Waals surface area contributed by atoms with Crippen LogP contribution in [0.1, 0.15) is 31.4 Å². The highest BCUT2D eigenvalue weighted by atomic mass is 32.2. The molecule has 2 heterocycles. The van der Waals surface area contributed by atoms with Crippen LogP contribution < -0.4 is 10.1 Å². The minimum atomic E-state index is -2.77. The van der Waals surface area contributed by atoms with E-state index in [-0.39, 0.29) is 11.5 Å². The van der Waals surface area contributed by atoms with Crippen LogP contribution >= 0.6 is 0 Å². The Morgan fingerprint density at radius 1 is 1.38 bits per heavy atom. The summed E-state index contributed by atoms with van der Waals surface area (Å²) in [4.78, 5) is 0. The van der Waals surface area contributed by atoms with E-state index in [1.165, 1.54) is 11.1 Å². The molecule has 1 unspecified atom stereocenters. The quantitative estimate of drug-likeness (QED) is 0.923. The Morgan fingerprint density at radius 2 is 2.19 bits per heavy atom. The monoisotopic (exact) mass is 309 g/mol. The lowest BCUT2D eigenvalue weighted by Gasteiger charge is -2.16. The van der Waals surface area contributed by atoms with Crippen molar-refractivity contribution in [3.8, 4) is 5.75 Å². The average Bonchev–Trinajstić information content (AvgIpc) is 2.86. The maximum absolute atomic E-state index is 11.4. The molecule has 1 saturated heterocycles. The van der Waals surface area contributed by atoms with E-state index in [1.54, 1.807) is 0 Å². The van der Waals surface area contributed by atoms with Crippen LogP contribution in [0, 0.1) is 5.92 Å². The second kappa shape index (κ2) is 5.29. The first-order chi connectivity index (χ1) is 9.83. The topological polar surface area (TPSA) is 55.4 Å². The summed E-state index contributed by atoms with van der Waals surface area (Å²) in [6.07, 6.45) is 1.73. The van der Waals surface area contributed by atoms with Gasteiger partial charge in [0, 0.05) is 13.0 Å². The fourth-order valence-electron chi connectivity index (χ4n) is 3.23. The third-order valence-corrected chi connectivity index (χ3v) is 6.05. The van der Waals surface area contributed by atoms with Crippen molar-refractivity contribution >= 4 is 9.84 Å². The maximum Gasteiger partial charge on any atom is 0.150 e. The standard InChI is InChI=1S/C16H23NO3S/c1-16(2)8-14-7-12(3-4-15(14)20-16)9-17-10-13-5-6-21(18,19)11-13/h3-4,7,13,17H,5-6,8-11H2,1-2H3. The zero-order valence-corrected chi connectivity index (χ0v) is 13.5. The molecule has 2 aliphatic rings. The first kappa shape index (κ1) is 14.9. The minimum absolute atomic E-state index is 0.105. The second-order valence-electron chi connectivity index (χ2n) is 6.88. The molecular weight excluding hydrogens is 286 g/mol. The van der Waals surface area contributed by atoms with E-state index in [0.29, 0.717) is 11.5 Å². The third-order valence-electron chi connectivity index (χ3n) is 4.22. The summed E-state index contributed by atoms with van der Waals surface area (Å²) in [7, 11) is -2.77. The summed E-state index contributed by atoms with van der Waals surface area (Å²) in [6.45, 7) is 5.76. The van der Waals surface area contributed by atoms with Crippen molar-refractivity contribution in [2.75, 3.05) is 18.1 Å². The molecule has 1 fully saturated rings. The Kier molecular flexibility index (Phi) is 3.74. The molecule has 0 saturated carbocycles. The number of fused-ring (bicyclic) bond motifs is 1. The summed E-state index contributed by atoms with van der Waals surface area (Å²) in [5.41, 5.74) is 2.39. The number of sulfone groups is 1. The average molecular weight is 309 g/mol. The first-order valence-corrected chi connectivity index (χ1v) is 9.37. The first-order valence-electron chi connectivity index (χ1n) is 7.55. The van der Waals surface area contributed by atoms with Crippen LogP contribution in [0.2, 0.25) is 0 Å². The van der Waals surface area contributed by atoms with Crippen LogP contribution in [0.15, 0.2) is 18.2 Å². The van der Waals surface area contributed by atoms with Crippen molar-refractivity contribution < 1.29 is 13.2 Å². The van der Waals surface area contributed by atoms with Gasteiger partial charge in [-0.2, -0.15) is 0 Å². The molecule has 0 amide bonds. The van der Waals surface area contributed by atoms with Gasteiger partial charge >= 0.3 is 0 Å². The van der Waals surface area contributed by atoms with Crippen molar-refractivity contribution in [2.45, 2.75) is 38.8 Å². The van der Waals surface area contributed by atoms with Gasteiger partial charge in [-0.05, 0) is 49.9 Å². The van der Waals surface area contributed by atoms with Crippen molar-refractivity contribution in [1.29, 1.82) is 0 Å². The van der Waals surface area contributed by atoms with Gasteiger partial charge in [0.15, 0.2) is 9.84 Å². The maximum atomic E-state index is 11.4. The van der Waals surface area contributed by atoms with Gasteiger partial charge in [-0.25, -0.2) is 8.42 Å². The van der Waals surface area contributed by atoms with Gasteiger partial charge in [-0.15, -0.1) is 0 Å². The fourth-order valence-corrected chi connectivity index (χ4v) is 5.09. The highest BCUT2D eigenvalue weighted by Gasteiger charge is 2.30. The van der Waals surface area contributed by atoms with Gasteiger partial charge < -0.3 is 10.1 Å². The van der Waals surface area contributed by atoms with Crippen molar-refractivity contribution in [1.82, 2.24) is 5.32 Å². The molecule has 0 radical (unpaired) electrons. The van der Waals surface area contributed by atoms with E-state index in [1.807, 2.05) is 6.07 Å². The summed E-state index contributed by atoms with van der Waals surface area (Å²) >= 11 is 0. The largest absolute Gasteiger partial charge is 0.487 e. The Labute approximate surface area is 126 Å². The molecule has 116 valence electrons. The molecule has 0 aliphatic carbocycles. The lowest BCUT2D eigenvalue weighted by atomic mass is 10.00. The van der Waals surface area contributed by atoms with E-state index < -0.39 is 9.84 Å². The van der Waals surface area contributed by atoms with E-state index >= 15 is 0 Å². The van der Waals surface area contributed by atoms with Crippen molar-refractivity contribution in [3.63, 3.8) is 0 Å². The Balaban J connectivity index is 1.53. The zero-order chi connectivity index (χ0) is 15.1. The van der Waals surface area contributed by atoms with Crippen LogP contribution in [0.4, 0.5) is 0 Å². The fraction of sp³-hybridized carbons (Fsp3) is 0.625. The molecule has 1 aromatic rings. The van der Waals surface area contributed by atoms with E-state index in [2.05, 4.69) is 31.3 Å². The summed E-state index contributed by atoms with van der Waals surface area (Å²) in [5, 5.41) is 3.39. The van der Waals surface area contributed by atoms with Crippen LogP contribution in [0.3, 0.4) is 0 Å². The molecule has 1 aromatic carbocycles. The smallest absolute Gasteiger partial charge is 0.150 e. The van der Waals surface area contributed by atoms with Crippen molar-refractivity contribution in [2.24, 2.45) is 5.92 Å². The second-order valence-corrected chi connectivity index (χ2v) is 9.11. The van der Waals surface area contributed by atoms with Crippen LogP contribution in [0.5, 0.6) is 5.75 Å². The highest BCUT2D eigenvalue weighted by Crippen LogP contribution is 2.35. The molecule has 1 N–H and O–H groups in total. The molecule has 2 aliphatic heterocycles. The zero-order valence-electron chi connectivity index (χ0n) is 12.7. The van der Waals surface area contributed by atoms with E-state index in [4.69, 9.17) is 4.74 Å². The summed E-state index contributed by atoms with van der Waals surface area (Å²) in [5.74, 6) is 1.95. The minimum Gasteiger partial charge on any atom is -0.487 e. The van der Waals surface area contributed by atoms with Gasteiger partial charge in [-0.3, -0.25) is 0 Å². The number of ether oxygens (including phenoxy) is 1. The molecular formula is C16H23NO3S. The normalized spacial score (nSPS) is 25.5. The number of hydrogen-bond donors (Lipinski definition) is 1. The number of nitrogens with one attached hydrogen (secondary N) is 1. The van der Waals surface area contributed by atoms with Gasteiger partial charge in [-0.1, -0.05) is 12.1 Å². The van der Waals surface area contributed by atoms with Crippen LogP contribution in [-0.2, 0) is 22.8 Å². The van der Waals surface area contributed by atoms with Crippen molar-refractivity contribution in [3.05, 3.63) is 29.3 Å². The highest BCUT2D eigenvalue weighted by molar-refractivity contribution is 7.91. The molecule has 3 rings (SSSR count). The predicted molar refractivity (Wildman–Crippen MR) is 83.3 cm³/mol. The van der Waals surface area contributed by atoms with Gasteiger partial charge in [0.25, 0.3) is 0 Å². The Morgan fingerprint density at radius 3 is 2.90 bits per heavy atom. The van der Waals surface area contributed by atoms with Gasteiger partial charge in [0.05, 0.1) is 11.5 Å². The summed E-state index contributed by atoms with van der Waals surface area (Å²) in [6, 6.07) is 6.32. The molecule has 5 heteroatoms. The SMILES string of the molecule is CC1(C)Cc2cc(CNCC3CCS(=O)(=O)C3)ccc2O1. The lowest BCUT2D eigenvalue weighted by molar-refractivity contribution is 0.138. The molecule has 0 aromatic heterocycles. The third kappa shape index (κ3) is 3.58. The number of rotatable bonds is 4. The van der Waals surface area contributed by atoms with Gasteiger partial charge in [0.1, 0.15) is 11.4 Å². The van der Waals surface area contributed by atoms with Crippen LogP contribution in [0.25, 0.3) is 0 Å². The predicted octanol–water partition coefficient (Wildman–Crippen LogP) is 1.92. The van der Waals surface area contributed by atoms with E-state index in [0.717, 1.165) is 31.7 Å². The van der Waals surface area contributed by atoms with E-state index in [9.17, 15) is 8.42 Å². The molecule has 0 spiro atoms. The Bertz CT molecular complexity index is 637. The molecule has 1 atom stereocenters. The molecule has 0 bridgehead atoms. The lowest BCUT2D eigenvalue weighted by Crippen LogP contribution is -2.24. The van der Waals surface area contributed by atoms with Gasteiger partial charge in [0.2, 0.25) is 0 Å². The van der Waals surface area contributed by atoms with Crippen LogP contribution in [-0.4, -0.2) is 32.1 Å². The number of hydrogen-bond acceptors (Lipinski definition) is 4. The Hall–Kier alpha value is -1.07. The summed E-state index contributed by atoms with van der Waals surface area (Å²) < 4.78 is 28.7. The molecule has 4 nitrogen and oxygen atoms in total. The molecule has 21 heavy (non-hydrogen) atoms. The number of benzene rings is 1.